The lowest BCUT2D eigenvalue weighted by Crippen LogP contribution is -2.41. The fourth-order valence-corrected chi connectivity index (χ4v) is 2.80. The van der Waals surface area contributed by atoms with Crippen molar-refractivity contribution in [3.63, 3.8) is 0 Å². The molecule has 2 aromatic carbocycles. The maximum atomic E-state index is 12.5. The molecule has 1 heterocycles. The Morgan fingerprint density at radius 3 is 2.48 bits per heavy atom. The Balaban J connectivity index is 1.81. The van der Waals surface area contributed by atoms with Gasteiger partial charge in [-0.15, -0.1) is 0 Å². The van der Waals surface area contributed by atoms with Gasteiger partial charge >= 0.3 is 0 Å². The monoisotopic (exact) mass is 306 g/mol. The molecule has 2 amide bonds. The van der Waals surface area contributed by atoms with Crippen LogP contribution in [0.4, 0.5) is 5.69 Å². The van der Waals surface area contributed by atoms with E-state index in [9.17, 15) is 9.59 Å². The Bertz CT molecular complexity index is 776. The van der Waals surface area contributed by atoms with Crippen LogP contribution in [-0.4, -0.2) is 22.8 Å². The summed E-state index contributed by atoms with van der Waals surface area (Å²) in [5.41, 5.74) is 3.72. The van der Waals surface area contributed by atoms with Gasteiger partial charge in [0, 0.05) is 22.5 Å². The topological polar surface area (TPSA) is 49.4 Å². The summed E-state index contributed by atoms with van der Waals surface area (Å²) in [5.74, 6) is -0.421. The van der Waals surface area contributed by atoms with Crippen LogP contribution >= 0.6 is 0 Å². The largest absolute Gasteiger partial charge is 0.324 e. The van der Waals surface area contributed by atoms with Gasteiger partial charge in [-0.25, -0.2) is 0 Å². The van der Waals surface area contributed by atoms with Crippen LogP contribution in [0.15, 0.2) is 55.1 Å². The van der Waals surface area contributed by atoms with Gasteiger partial charge in [0.1, 0.15) is 6.04 Å². The molecule has 116 valence electrons. The number of benzene rings is 2. The molecule has 0 spiro atoms. The standard InChI is InChI=1S/C19H18N2O2/c1-12-7-6-8-15(11-12)20-18(22)14(3)21-13(2)16-9-4-5-10-17(16)19(21)23/h4-11,14H,2H2,1,3H3,(H,20,22). The number of aryl methyl sites for hydroxylation is 1. The number of anilines is 1. The molecule has 4 nitrogen and oxygen atoms in total. The first-order chi connectivity index (χ1) is 11.0. The highest BCUT2D eigenvalue weighted by Gasteiger charge is 2.36. The van der Waals surface area contributed by atoms with Gasteiger partial charge in [0.2, 0.25) is 5.91 Å². The van der Waals surface area contributed by atoms with Crippen LogP contribution in [0.1, 0.15) is 28.4 Å². The maximum Gasteiger partial charge on any atom is 0.259 e. The van der Waals surface area contributed by atoms with Crippen molar-refractivity contribution in [1.29, 1.82) is 0 Å². The molecule has 0 fully saturated rings. The van der Waals surface area contributed by atoms with E-state index in [1.165, 1.54) is 4.90 Å². The minimum Gasteiger partial charge on any atom is -0.324 e. The molecule has 23 heavy (non-hydrogen) atoms. The number of hydrogen-bond acceptors (Lipinski definition) is 2. The summed E-state index contributed by atoms with van der Waals surface area (Å²) in [5, 5.41) is 2.85. The van der Waals surface area contributed by atoms with Crippen molar-refractivity contribution < 1.29 is 9.59 Å². The molecule has 2 aromatic rings. The molecule has 0 aromatic heterocycles. The zero-order valence-electron chi connectivity index (χ0n) is 13.2. The summed E-state index contributed by atoms with van der Waals surface area (Å²) in [4.78, 5) is 26.5. The van der Waals surface area contributed by atoms with Crippen molar-refractivity contribution in [3.8, 4) is 0 Å². The number of nitrogens with one attached hydrogen (secondary N) is 1. The molecule has 1 aliphatic heterocycles. The third-order valence-corrected chi connectivity index (χ3v) is 4.03. The first-order valence-corrected chi connectivity index (χ1v) is 7.48. The second-order valence-electron chi connectivity index (χ2n) is 5.70. The predicted octanol–water partition coefficient (Wildman–Crippen LogP) is 3.45. The Labute approximate surface area is 135 Å². The van der Waals surface area contributed by atoms with Crippen molar-refractivity contribution in [2.24, 2.45) is 0 Å². The molecule has 4 heteroatoms. The van der Waals surface area contributed by atoms with E-state index < -0.39 is 6.04 Å². The lowest BCUT2D eigenvalue weighted by Gasteiger charge is -2.24. The summed E-state index contributed by atoms with van der Waals surface area (Å²) in [6, 6.07) is 14.2. The molecular formula is C19H18N2O2. The van der Waals surface area contributed by atoms with Crippen molar-refractivity contribution in [2.45, 2.75) is 19.9 Å². The van der Waals surface area contributed by atoms with Gasteiger partial charge in [0.25, 0.3) is 5.91 Å². The number of carbonyl (C=O) groups is 2. The van der Waals surface area contributed by atoms with E-state index >= 15 is 0 Å². The predicted molar refractivity (Wildman–Crippen MR) is 90.9 cm³/mol. The van der Waals surface area contributed by atoms with Gasteiger partial charge in [-0.1, -0.05) is 36.9 Å². The van der Waals surface area contributed by atoms with E-state index in [4.69, 9.17) is 0 Å². The van der Waals surface area contributed by atoms with Gasteiger partial charge in [-0.2, -0.15) is 0 Å². The minimum absolute atomic E-state index is 0.183. The van der Waals surface area contributed by atoms with Crippen LogP contribution in [0.25, 0.3) is 5.70 Å². The Morgan fingerprint density at radius 1 is 1.13 bits per heavy atom. The molecule has 3 rings (SSSR count). The Kier molecular flexibility index (Phi) is 3.74. The highest BCUT2D eigenvalue weighted by Crippen LogP contribution is 2.33. The summed E-state index contributed by atoms with van der Waals surface area (Å²) >= 11 is 0. The number of amides is 2. The fourth-order valence-electron chi connectivity index (χ4n) is 2.80. The Hall–Kier alpha value is -2.88. The summed E-state index contributed by atoms with van der Waals surface area (Å²) in [6.45, 7) is 7.65. The molecule has 1 aliphatic rings. The lowest BCUT2D eigenvalue weighted by molar-refractivity contribution is -0.119. The van der Waals surface area contributed by atoms with Crippen LogP contribution < -0.4 is 5.32 Å². The molecule has 0 saturated heterocycles. The van der Waals surface area contributed by atoms with Gasteiger partial charge in [0.05, 0.1) is 0 Å². The third-order valence-electron chi connectivity index (χ3n) is 4.03. The number of carbonyl (C=O) groups excluding carboxylic acids is 2. The molecule has 1 atom stereocenters. The number of fused-ring (bicyclic) bond motifs is 1. The first kappa shape index (κ1) is 15.0. The zero-order valence-corrected chi connectivity index (χ0v) is 13.2. The first-order valence-electron chi connectivity index (χ1n) is 7.48. The molecule has 0 bridgehead atoms. The molecule has 0 radical (unpaired) electrons. The summed E-state index contributed by atoms with van der Waals surface area (Å²) in [7, 11) is 0. The minimum atomic E-state index is -0.636. The van der Waals surface area contributed by atoms with Crippen molar-refractivity contribution >= 4 is 23.2 Å². The van der Waals surface area contributed by atoms with E-state index in [0.29, 0.717) is 11.3 Å². The van der Waals surface area contributed by atoms with Crippen LogP contribution in [0.3, 0.4) is 0 Å². The molecule has 1 N–H and O–H groups in total. The normalized spacial score (nSPS) is 14.6. The highest BCUT2D eigenvalue weighted by atomic mass is 16.2. The quantitative estimate of drug-likeness (QED) is 0.944. The van der Waals surface area contributed by atoms with E-state index in [-0.39, 0.29) is 11.8 Å². The summed E-state index contributed by atoms with van der Waals surface area (Å²) in [6.07, 6.45) is 0. The number of nitrogens with zero attached hydrogens (tertiary/aromatic N) is 1. The molecular weight excluding hydrogens is 288 g/mol. The third kappa shape index (κ3) is 2.63. The van der Waals surface area contributed by atoms with Gasteiger partial charge < -0.3 is 5.32 Å². The highest BCUT2D eigenvalue weighted by molar-refractivity contribution is 6.11. The molecule has 0 saturated carbocycles. The van der Waals surface area contributed by atoms with Gasteiger partial charge in [-0.3, -0.25) is 14.5 Å². The van der Waals surface area contributed by atoms with Gasteiger partial charge in [-0.05, 0) is 37.6 Å². The molecule has 1 unspecified atom stereocenters. The lowest BCUT2D eigenvalue weighted by atomic mass is 10.1. The van der Waals surface area contributed by atoms with E-state index in [1.807, 2.05) is 49.4 Å². The van der Waals surface area contributed by atoms with Crippen LogP contribution in [0, 0.1) is 6.92 Å². The van der Waals surface area contributed by atoms with Crippen molar-refractivity contribution in [3.05, 3.63) is 71.8 Å². The van der Waals surface area contributed by atoms with Gasteiger partial charge in [0.15, 0.2) is 0 Å². The SMILES string of the molecule is C=C1c2ccccc2C(=O)N1C(C)C(=O)Nc1cccc(C)c1. The van der Waals surface area contributed by atoms with Crippen molar-refractivity contribution in [2.75, 3.05) is 5.32 Å². The second kappa shape index (κ2) is 5.72. The van der Waals surface area contributed by atoms with Crippen LogP contribution in [-0.2, 0) is 4.79 Å². The van der Waals surface area contributed by atoms with Crippen LogP contribution in [0.5, 0.6) is 0 Å². The van der Waals surface area contributed by atoms with Crippen LogP contribution in [0.2, 0.25) is 0 Å². The van der Waals surface area contributed by atoms with E-state index in [0.717, 1.165) is 16.8 Å². The average molecular weight is 306 g/mol. The average Bonchev–Trinajstić information content (AvgIpc) is 2.79. The maximum absolute atomic E-state index is 12.5. The fraction of sp³-hybridized carbons (Fsp3) is 0.158. The van der Waals surface area contributed by atoms with E-state index in [1.54, 1.807) is 13.0 Å². The van der Waals surface area contributed by atoms with Crippen molar-refractivity contribution in [1.82, 2.24) is 4.90 Å². The zero-order chi connectivity index (χ0) is 16.6. The Morgan fingerprint density at radius 2 is 1.83 bits per heavy atom. The number of rotatable bonds is 3. The smallest absolute Gasteiger partial charge is 0.259 e. The van der Waals surface area contributed by atoms with E-state index in [2.05, 4.69) is 11.9 Å². The summed E-state index contributed by atoms with van der Waals surface area (Å²) < 4.78 is 0. The second-order valence-corrected chi connectivity index (χ2v) is 5.70. The molecule has 0 aliphatic carbocycles. The number of hydrogen-bond donors (Lipinski definition) is 1.